The lowest BCUT2D eigenvalue weighted by Gasteiger charge is -2.20. The molecule has 0 aliphatic rings. The number of hydrogen-bond acceptors (Lipinski definition) is 4. The van der Waals surface area contributed by atoms with E-state index in [0.717, 1.165) is 5.56 Å². The van der Waals surface area contributed by atoms with Gasteiger partial charge in [0.2, 0.25) is 11.8 Å². The normalized spacial score (nSPS) is 10.0. The van der Waals surface area contributed by atoms with Crippen LogP contribution in [-0.2, 0) is 16.0 Å². The summed E-state index contributed by atoms with van der Waals surface area (Å²) in [6.07, 6.45) is 0.621. The average molecular weight is 318 g/mol. The molecule has 7 heteroatoms. The molecule has 2 N–H and O–H groups in total. The van der Waals surface area contributed by atoms with Gasteiger partial charge in [-0.2, -0.15) is 5.26 Å². The van der Waals surface area contributed by atoms with E-state index in [9.17, 15) is 14.4 Å². The van der Waals surface area contributed by atoms with Crippen LogP contribution in [0.25, 0.3) is 0 Å². The van der Waals surface area contributed by atoms with Gasteiger partial charge in [0.25, 0.3) is 5.56 Å². The Morgan fingerprint density at radius 1 is 1.35 bits per heavy atom. The lowest BCUT2D eigenvalue weighted by Crippen LogP contribution is -2.39. The molecule has 0 aliphatic carbocycles. The first-order chi connectivity index (χ1) is 10.8. The zero-order valence-corrected chi connectivity index (χ0v) is 13.9. The van der Waals surface area contributed by atoms with E-state index in [0.29, 0.717) is 24.2 Å². The zero-order chi connectivity index (χ0) is 17.6. The molecule has 0 spiro atoms. The van der Waals surface area contributed by atoms with Gasteiger partial charge >= 0.3 is 0 Å². The lowest BCUT2D eigenvalue weighted by atomic mass is 9.99. The van der Waals surface area contributed by atoms with Crippen molar-refractivity contribution >= 4 is 11.8 Å². The van der Waals surface area contributed by atoms with Gasteiger partial charge in [-0.3, -0.25) is 14.4 Å². The Bertz CT molecular complexity index is 701. The van der Waals surface area contributed by atoms with E-state index < -0.39 is 5.56 Å². The van der Waals surface area contributed by atoms with Gasteiger partial charge in [0, 0.05) is 25.7 Å². The van der Waals surface area contributed by atoms with Gasteiger partial charge in [0.1, 0.15) is 11.6 Å². The van der Waals surface area contributed by atoms with Crippen LogP contribution in [0.2, 0.25) is 0 Å². The standard InChI is InChI=1S/C16H22N4O3/c1-5-20(9-14(21)18-4)15(22)7-6-12-10(2)13(8-17)16(23)19-11(12)3/h5-7,9H2,1-4H3,(H,18,21)(H,19,23). The van der Waals surface area contributed by atoms with Crippen molar-refractivity contribution in [1.29, 1.82) is 5.26 Å². The summed E-state index contributed by atoms with van der Waals surface area (Å²) in [6.45, 7) is 5.74. The molecule has 1 aromatic heterocycles. The number of pyridine rings is 1. The molecule has 1 heterocycles. The maximum Gasteiger partial charge on any atom is 0.266 e. The molecule has 1 aromatic rings. The maximum absolute atomic E-state index is 12.3. The van der Waals surface area contributed by atoms with Crippen molar-refractivity contribution in [3.63, 3.8) is 0 Å². The van der Waals surface area contributed by atoms with Crippen molar-refractivity contribution in [3.05, 3.63) is 32.7 Å². The van der Waals surface area contributed by atoms with Crippen molar-refractivity contribution in [3.8, 4) is 6.07 Å². The summed E-state index contributed by atoms with van der Waals surface area (Å²) >= 11 is 0. The number of carbonyl (C=O) groups excluding carboxylic acids is 2. The second kappa shape index (κ2) is 8.13. The van der Waals surface area contributed by atoms with Gasteiger partial charge in [-0.1, -0.05) is 0 Å². The molecule has 1 rings (SSSR count). The minimum atomic E-state index is -0.410. The molecule has 0 atom stereocenters. The number of rotatable bonds is 6. The number of nitrogens with one attached hydrogen (secondary N) is 2. The Hall–Kier alpha value is -2.62. The van der Waals surface area contributed by atoms with Gasteiger partial charge < -0.3 is 15.2 Å². The molecular formula is C16H22N4O3. The number of H-pyrrole nitrogens is 1. The molecule has 7 nitrogen and oxygen atoms in total. The van der Waals surface area contributed by atoms with E-state index in [1.807, 2.05) is 13.0 Å². The third kappa shape index (κ3) is 4.42. The largest absolute Gasteiger partial charge is 0.358 e. The second-order valence-electron chi connectivity index (χ2n) is 5.25. The number of aryl methyl sites for hydroxylation is 1. The number of carbonyl (C=O) groups is 2. The molecule has 0 aromatic carbocycles. The summed E-state index contributed by atoms with van der Waals surface area (Å²) in [7, 11) is 1.52. The first-order valence-corrected chi connectivity index (χ1v) is 7.46. The topological polar surface area (TPSA) is 106 Å². The van der Waals surface area contributed by atoms with Crippen molar-refractivity contribution in [1.82, 2.24) is 15.2 Å². The Morgan fingerprint density at radius 3 is 2.52 bits per heavy atom. The van der Waals surface area contributed by atoms with Gasteiger partial charge in [-0.15, -0.1) is 0 Å². The number of hydrogen-bond donors (Lipinski definition) is 2. The summed E-state index contributed by atoms with van der Waals surface area (Å²) in [6, 6.07) is 1.89. The minimum absolute atomic E-state index is 0.0267. The molecule has 0 radical (unpaired) electrons. The number of aromatic nitrogens is 1. The fourth-order valence-electron chi connectivity index (χ4n) is 2.44. The number of likely N-dealkylation sites (N-methyl/N-ethyl adjacent to an activating group) is 2. The molecule has 0 unspecified atom stereocenters. The third-order valence-electron chi connectivity index (χ3n) is 3.86. The fourth-order valence-corrected chi connectivity index (χ4v) is 2.44. The maximum atomic E-state index is 12.3. The van der Waals surface area contributed by atoms with Crippen LogP contribution in [0.1, 0.15) is 35.7 Å². The van der Waals surface area contributed by atoms with Crippen LogP contribution in [0.4, 0.5) is 0 Å². The van der Waals surface area contributed by atoms with Crippen molar-refractivity contribution < 1.29 is 9.59 Å². The van der Waals surface area contributed by atoms with Crippen LogP contribution in [0.5, 0.6) is 0 Å². The zero-order valence-electron chi connectivity index (χ0n) is 13.9. The summed E-state index contributed by atoms with van der Waals surface area (Å²) in [5.41, 5.74) is 1.73. The Morgan fingerprint density at radius 2 is 2.00 bits per heavy atom. The molecular weight excluding hydrogens is 296 g/mol. The van der Waals surface area contributed by atoms with E-state index >= 15 is 0 Å². The lowest BCUT2D eigenvalue weighted by molar-refractivity contribution is -0.135. The van der Waals surface area contributed by atoms with Crippen molar-refractivity contribution in [2.24, 2.45) is 0 Å². The predicted octanol–water partition coefficient (Wildman–Crippen LogP) is 0.391. The summed E-state index contributed by atoms with van der Waals surface area (Å²) in [4.78, 5) is 39.5. The monoisotopic (exact) mass is 318 g/mol. The Balaban J connectivity index is 2.90. The van der Waals surface area contributed by atoms with Crippen LogP contribution in [-0.4, -0.2) is 41.8 Å². The third-order valence-corrected chi connectivity index (χ3v) is 3.86. The van der Waals surface area contributed by atoms with E-state index in [1.165, 1.54) is 11.9 Å². The number of nitrogens with zero attached hydrogens (tertiary/aromatic N) is 2. The molecule has 0 aliphatic heterocycles. The molecule has 0 fully saturated rings. The Kier molecular flexibility index (Phi) is 6.51. The Labute approximate surface area is 135 Å². The molecule has 0 saturated carbocycles. The van der Waals surface area contributed by atoms with Crippen LogP contribution in [0.15, 0.2) is 4.79 Å². The van der Waals surface area contributed by atoms with Gasteiger partial charge in [0.05, 0.1) is 6.54 Å². The summed E-state index contributed by atoms with van der Waals surface area (Å²) < 4.78 is 0. The molecule has 0 bridgehead atoms. The van der Waals surface area contributed by atoms with Crippen molar-refractivity contribution in [2.45, 2.75) is 33.6 Å². The number of aromatic amines is 1. The molecule has 2 amide bonds. The first-order valence-electron chi connectivity index (χ1n) is 7.46. The van der Waals surface area contributed by atoms with E-state index in [4.69, 9.17) is 5.26 Å². The SMILES string of the molecule is CCN(CC(=O)NC)C(=O)CCc1c(C)[nH]c(=O)c(C#N)c1C. The molecule has 0 saturated heterocycles. The van der Waals surface area contributed by atoms with Gasteiger partial charge in [-0.05, 0) is 38.3 Å². The highest BCUT2D eigenvalue weighted by Gasteiger charge is 2.17. The van der Waals surface area contributed by atoms with Crippen LogP contribution in [0, 0.1) is 25.2 Å². The van der Waals surface area contributed by atoms with Gasteiger partial charge in [-0.25, -0.2) is 0 Å². The van der Waals surface area contributed by atoms with E-state index in [2.05, 4.69) is 10.3 Å². The minimum Gasteiger partial charge on any atom is -0.358 e. The fraction of sp³-hybridized carbons (Fsp3) is 0.500. The van der Waals surface area contributed by atoms with E-state index in [1.54, 1.807) is 13.8 Å². The van der Waals surface area contributed by atoms with Gasteiger partial charge in [0.15, 0.2) is 0 Å². The average Bonchev–Trinajstić information content (AvgIpc) is 2.51. The van der Waals surface area contributed by atoms with E-state index in [-0.39, 0.29) is 30.3 Å². The number of nitriles is 1. The highest BCUT2D eigenvalue weighted by Crippen LogP contribution is 2.15. The first kappa shape index (κ1) is 18.4. The highest BCUT2D eigenvalue weighted by atomic mass is 16.2. The quantitative estimate of drug-likeness (QED) is 0.791. The van der Waals surface area contributed by atoms with Crippen LogP contribution < -0.4 is 10.9 Å². The van der Waals surface area contributed by atoms with Crippen LogP contribution >= 0.6 is 0 Å². The number of amides is 2. The smallest absolute Gasteiger partial charge is 0.266 e. The predicted molar refractivity (Wildman–Crippen MR) is 85.9 cm³/mol. The van der Waals surface area contributed by atoms with Crippen LogP contribution in [0.3, 0.4) is 0 Å². The highest BCUT2D eigenvalue weighted by molar-refractivity contribution is 5.84. The second-order valence-corrected chi connectivity index (χ2v) is 5.25. The molecule has 23 heavy (non-hydrogen) atoms. The summed E-state index contributed by atoms with van der Waals surface area (Å²) in [5, 5.41) is 11.5. The molecule has 124 valence electrons. The summed E-state index contributed by atoms with van der Waals surface area (Å²) in [5.74, 6) is -0.358. The van der Waals surface area contributed by atoms with Crippen molar-refractivity contribution in [2.75, 3.05) is 20.1 Å².